The number of imidazole rings is 1. The van der Waals surface area contributed by atoms with E-state index in [1.807, 2.05) is 12.1 Å². The van der Waals surface area contributed by atoms with Crippen molar-refractivity contribution in [3.8, 4) is 11.1 Å². The van der Waals surface area contributed by atoms with Crippen LogP contribution in [0.1, 0.15) is 12.1 Å². The molecule has 4 heteroatoms. The summed E-state index contributed by atoms with van der Waals surface area (Å²) in [6, 6.07) is 41.2. The number of hydrogen-bond donors (Lipinski definition) is 0. The zero-order chi connectivity index (χ0) is 28.1. The van der Waals surface area contributed by atoms with Crippen LogP contribution in [0.25, 0.3) is 66.0 Å². The quantitative estimate of drug-likeness (QED) is 0.200. The van der Waals surface area contributed by atoms with E-state index in [9.17, 15) is 0 Å². The fourth-order valence-electron chi connectivity index (χ4n) is 7.37. The van der Waals surface area contributed by atoms with E-state index in [4.69, 9.17) is 9.40 Å². The van der Waals surface area contributed by atoms with Crippen molar-refractivity contribution in [3.63, 3.8) is 0 Å². The van der Waals surface area contributed by atoms with Crippen molar-refractivity contribution in [2.75, 3.05) is 4.90 Å². The van der Waals surface area contributed by atoms with Gasteiger partial charge in [-0.3, -0.25) is 4.40 Å². The number of nitrogens with zero attached hydrogens (tertiary/aromatic N) is 3. The third-order valence-corrected chi connectivity index (χ3v) is 9.26. The average molecular weight is 552 g/mol. The van der Waals surface area contributed by atoms with Gasteiger partial charge >= 0.3 is 0 Å². The lowest BCUT2D eigenvalue weighted by Gasteiger charge is -2.29. The van der Waals surface area contributed by atoms with E-state index in [0.717, 1.165) is 62.3 Å². The van der Waals surface area contributed by atoms with Crippen molar-refractivity contribution >= 4 is 66.3 Å². The molecule has 1 aliphatic heterocycles. The van der Waals surface area contributed by atoms with Crippen LogP contribution in [0.3, 0.4) is 0 Å². The van der Waals surface area contributed by atoms with E-state index in [0.29, 0.717) is 0 Å². The van der Waals surface area contributed by atoms with Crippen LogP contribution >= 0.6 is 0 Å². The molecule has 4 nitrogen and oxygen atoms in total. The number of furan rings is 1. The van der Waals surface area contributed by atoms with Crippen molar-refractivity contribution < 1.29 is 4.42 Å². The molecule has 1 atom stereocenters. The predicted octanol–water partition coefficient (Wildman–Crippen LogP) is 10.1. The van der Waals surface area contributed by atoms with Crippen LogP contribution in [0.4, 0.5) is 11.5 Å². The highest BCUT2D eigenvalue weighted by Crippen LogP contribution is 2.49. The molecular weight excluding hydrogens is 526 g/mol. The minimum absolute atomic E-state index is 0.203. The predicted molar refractivity (Wildman–Crippen MR) is 177 cm³/mol. The van der Waals surface area contributed by atoms with Crippen LogP contribution in [0.15, 0.2) is 138 Å². The second-order valence-corrected chi connectivity index (χ2v) is 11.5. The summed E-state index contributed by atoms with van der Waals surface area (Å²) in [6.07, 6.45) is 7.64. The fraction of sp³-hybridized carbons (Fsp3) is 0.0513. The summed E-state index contributed by atoms with van der Waals surface area (Å²) >= 11 is 0. The summed E-state index contributed by atoms with van der Waals surface area (Å²) in [5.74, 6) is 1.14. The Balaban J connectivity index is 1.19. The highest BCUT2D eigenvalue weighted by Gasteiger charge is 2.39. The number of para-hydroxylation sites is 3. The Morgan fingerprint density at radius 2 is 1.42 bits per heavy atom. The third kappa shape index (κ3) is 3.07. The van der Waals surface area contributed by atoms with Gasteiger partial charge in [0.1, 0.15) is 28.3 Å². The number of anilines is 2. The molecule has 3 aromatic heterocycles. The summed E-state index contributed by atoms with van der Waals surface area (Å²) in [7, 11) is 0. The molecule has 0 saturated heterocycles. The van der Waals surface area contributed by atoms with E-state index >= 15 is 0 Å². The molecule has 5 aromatic carbocycles. The van der Waals surface area contributed by atoms with Crippen molar-refractivity contribution in [1.29, 1.82) is 0 Å². The first-order valence-corrected chi connectivity index (χ1v) is 14.8. The lowest BCUT2D eigenvalue weighted by molar-refractivity contribution is 0.670. The molecule has 1 aliphatic carbocycles. The zero-order valence-corrected chi connectivity index (χ0v) is 23.2. The number of rotatable bonds is 2. The average Bonchev–Trinajstić information content (AvgIpc) is 3.74. The van der Waals surface area contributed by atoms with Crippen molar-refractivity contribution in [3.05, 3.63) is 139 Å². The number of aromatic nitrogens is 2. The Labute approximate surface area is 247 Å². The minimum atomic E-state index is 0.203. The summed E-state index contributed by atoms with van der Waals surface area (Å²) in [4.78, 5) is 7.86. The van der Waals surface area contributed by atoms with Gasteiger partial charge in [-0.15, -0.1) is 0 Å². The van der Waals surface area contributed by atoms with Gasteiger partial charge < -0.3 is 9.32 Å². The molecule has 202 valence electrons. The van der Waals surface area contributed by atoms with Crippen LogP contribution in [0.5, 0.6) is 0 Å². The maximum atomic E-state index is 6.36. The van der Waals surface area contributed by atoms with Crippen molar-refractivity contribution in [1.82, 2.24) is 9.38 Å². The number of allylic oxidation sites excluding steroid dienone is 2. The molecule has 4 heterocycles. The van der Waals surface area contributed by atoms with Gasteiger partial charge in [-0.1, -0.05) is 109 Å². The Bertz CT molecular complexity index is 2490. The van der Waals surface area contributed by atoms with Crippen LogP contribution in [0, 0.1) is 0 Å². The molecule has 0 spiro atoms. The molecule has 0 N–H and O–H groups in total. The topological polar surface area (TPSA) is 33.7 Å². The van der Waals surface area contributed by atoms with Crippen molar-refractivity contribution in [2.24, 2.45) is 0 Å². The fourth-order valence-corrected chi connectivity index (χ4v) is 7.37. The molecule has 10 rings (SSSR count). The van der Waals surface area contributed by atoms with Gasteiger partial charge in [-0.2, -0.15) is 0 Å². The van der Waals surface area contributed by atoms with E-state index in [-0.39, 0.29) is 6.04 Å². The summed E-state index contributed by atoms with van der Waals surface area (Å²) in [6.45, 7) is 0. The Hall–Kier alpha value is -5.61. The molecule has 0 saturated carbocycles. The molecule has 0 bridgehead atoms. The lowest BCUT2D eigenvalue weighted by Crippen LogP contribution is -2.28. The standard InChI is InChI=1S/C39H25N3O/c1-2-13-31-27(10-1)28-11-3-6-17-33(28)42-38(31)40-36-32-14-4-7-18-34(32)41(39(36)42)25-22-20-24(21-23-25)26-15-9-16-30-29-12-5-8-19-35(29)43-37(26)30/h1-17,19-23,34H,18H2. The lowest BCUT2D eigenvalue weighted by atomic mass is 9.98. The van der Waals surface area contributed by atoms with Gasteiger partial charge in [0.25, 0.3) is 0 Å². The van der Waals surface area contributed by atoms with Crippen LogP contribution in [-0.2, 0) is 0 Å². The maximum Gasteiger partial charge on any atom is 0.147 e. The SMILES string of the molecule is C1=CCC2C(=C1)c1nc3c4ccccc4c4ccccc4n3c1N2c1ccc(-c2cccc3c2oc2ccccc23)cc1. The highest BCUT2D eigenvalue weighted by molar-refractivity contribution is 6.14. The van der Waals surface area contributed by atoms with Crippen LogP contribution in [0.2, 0.25) is 0 Å². The van der Waals surface area contributed by atoms with Crippen LogP contribution in [-0.4, -0.2) is 15.4 Å². The molecule has 43 heavy (non-hydrogen) atoms. The van der Waals surface area contributed by atoms with Gasteiger partial charge in [0.05, 0.1) is 11.6 Å². The zero-order valence-electron chi connectivity index (χ0n) is 23.2. The first-order valence-electron chi connectivity index (χ1n) is 14.8. The van der Waals surface area contributed by atoms with Gasteiger partial charge in [-0.05, 0) is 41.6 Å². The Kier molecular flexibility index (Phi) is 4.53. The molecule has 0 radical (unpaired) electrons. The number of fused-ring (bicyclic) bond motifs is 13. The number of benzene rings is 5. The van der Waals surface area contributed by atoms with E-state index < -0.39 is 0 Å². The first-order chi connectivity index (χ1) is 21.3. The Morgan fingerprint density at radius 3 is 2.30 bits per heavy atom. The maximum absolute atomic E-state index is 6.36. The van der Waals surface area contributed by atoms with E-state index in [1.165, 1.54) is 27.2 Å². The number of hydrogen-bond acceptors (Lipinski definition) is 3. The monoisotopic (exact) mass is 551 g/mol. The molecule has 8 aromatic rings. The Morgan fingerprint density at radius 1 is 0.674 bits per heavy atom. The van der Waals surface area contributed by atoms with E-state index in [2.05, 4.69) is 131 Å². The van der Waals surface area contributed by atoms with Crippen LogP contribution < -0.4 is 4.90 Å². The van der Waals surface area contributed by atoms with E-state index in [1.54, 1.807) is 0 Å². The van der Waals surface area contributed by atoms with Gasteiger partial charge in [0.15, 0.2) is 0 Å². The smallest absolute Gasteiger partial charge is 0.147 e. The normalized spacial score (nSPS) is 16.0. The summed E-state index contributed by atoms with van der Waals surface area (Å²) in [5.41, 5.74) is 9.80. The van der Waals surface area contributed by atoms with Gasteiger partial charge in [0, 0.05) is 38.4 Å². The second-order valence-electron chi connectivity index (χ2n) is 11.5. The molecule has 0 amide bonds. The third-order valence-electron chi connectivity index (χ3n) is 9.26. The second kappa shape index (κ2) is 8.46. The summed E-state index contributed by atoms with van der Waals surface area (Å²) < 4.78 is 8.75. The highest BCUT2D eigenvalue weighted by atomic mass is 16.3. The summed E-state index contributed by atoms with van der Waals surface area (Å²) in [5, 5.41) is 5.95. The molecule has 1 unspecified atom stereocenters. The molecular formula is C39H25N3O. The largest absolute Gasteiger partial charge is 0.455 e. The number of pyridine rings is 1. The first kappa shape index (κ1) is 23.0. The minimum Gasteiger partial charge on any atom is -0.455 e. The van der Waals surface area contributed by atoms with Crippen molar-refractivity contribution in [2.45, 2.75) is 12.5 Å². The van der Waals surface area contributed by atoms with Gasteiger partial charge in [0.2, 0.25) is 0 Å². The van der Waals surface area contributed by atoms with Gasteiger partial charge in [-0.25, -0.2) is 4.98 Å². The molecule has 2 aliphatic rings. The molecule has 0 fully saturated rings.